The molecule has 0 fully saturated rings. The van der Waals surface area contributed by atoms with Gasteiger partial charge >= 0.3 is 7.12 Å². The van der Waals surface area contributed by atoms with Crippen molar-refractivity contribution in [2.75, 3.05) is 6.61 Å². The summed E-state index contributed by atoms with van der Waals surface area (Å²) >= 11 is 0. The van der Waals surface area contributed by atoms with Crippen molar-refractivity contribution in [3.05, 3.63) is 23.8 Å². The van der Waals surface area contributed by atoms with E-state index in [1.165, 1.54) is 0 Å². The van der Waals surface area contributed by atoms with E-state index in [4.69, 9.17) is 20.5 Å². The number of hydrogen-bond donors (Lipinski definition) is 3. The molecule has 1 aromatic carbocycles. The van der Waals surface area contributed by atoms with E-state index in [2.05, 4.69) is 0 Å². The molecule has 1 heterocycles. The molecule has 0 amide bonds. The van der Waals surface area contributed by atoms with Crippen LogP contribution in [-0.2, 0) is 11.3 Å². The van der Waals surface area contributed by atoms with E-state index in [1.54, 1.807) is 0 Å². The number of ether oxygens (including phenoxy) is 1. The fourth-order valence-corrected chi connectivity index (χ4v) is 1.82. The van der Waals surface area contributed by atoms with Crippen molar-refractivity contribution in [3.63, 3.8) is 0 Å². The first-order valence-electron chi connectivity index (χ1n) is 5.55. The zero-order valence-electron chi connectivity index (χ0n) is 9.48. The summed E-state index contributed by atoms with van der Waals surface area (Å²) in [6.07, 6.45) is 1.21. The van der Waals surface area contributed by atoms with Crippen LogP contribution in [0, 0.1) is 5.41 Å². The monoisotopic (exact) mass is 234 g/mol. The third-order valence-corrected chi connectivity index (χ3v) is 2.65. The molecule has 5 nitrogen and oxygen atoms in total. The molecular weight excluding hydrogens is 219 g/mol. The molecule has 0 unspecified atom stereocenters. The third kappa shape index (κ3) is 2.78. The van der Waals surface area contributed by atoms with E-state index in [0.717, 1.165) is 11.0 Å². The van der Waals surface area contributed by atoms with Gasteiger partial charge in [0.2, 0.25) is 0 Å². The van der Waals surface area contributed by atoms with Gasteiger partial charge < -0.3 is 20.1 Å². The van der Waals surface area contributed by atoms with Crippen LogP contribution in [0.4, 0.5) is 0 Å². The van der Waals surface area contributed by atoms with Crippen LogP contribution >= 0.6 is 0 Å². The average Bonchev–Trinajstić information content (AvgIpc) is 2.67. The van der Waals surface area contributed by atoms with Crippen LogP contribution in [0.1, 0.15) is 18.4 Å². The Morgan fingerprint density at radius 3 is 3.18 bits per heavy atom. The molecule has 0 aliphatic carbocycles. The van der Waals surface area contributed by atoms with Gasteiger partial charge in [-0.05, 0) is 18.1 Å². The van der Waals surface area contributed by atoms with E-state index < -0.39 is 7.12 Å². The summed E-state index contributed by atoms with van der Waals surface area (Å²) in [4.78, 5) is 0. The van der Waals surface area contributed by atoms with Gasteiger partial charge in [0.25, 0.3) is 0 Å². The van der Waals surface area contributed by atoms with Crippen molar-refractivity contribution >= 4 is 18.4 Å². The number of rotatable bonds is 5. The normalized spacial score (nSPS) is 13.6. The van der Waals surface area contributed by atoms with Crippen LogP contribution in [0.15, 0.2) is 18.2 Å². The molecule has 6 heteroatoms. The molecule has 17 heavy (non-hydrogen) atoms. The van der Waals surface area contributed by atoms with Crippen LogP contribution < -0.4 is 15.9 Å². The minimum Gasteiger partial charge on any atom is -0.494 e. The lowest BCUT2D eigenvalue weighted by Gasteiger charge is -2.10. The van der Waals surface area contributed by atoms with E-state index in [0.29, 0.717) is 31.8 Å². The smallest absolute Gasteiger partial charge is 0.494 e. The zero-order valence-corrected chi connectivity index (χ0v) is 9.48. The van der Waals surface area contributed by atoms with Crippen molar-refractivity contribution in [1.29, 1.82) is 5.41 Å². The summed E-state index contributed by atoms with van der Waals surface area (Å²) in [6.45, 7) is 0.893. The van der Waals surface area contributed by atoms with E-state index in [-0.39, 0.29) is 5.84 Å². The minimum atomic E-state index is -0.894. The van der Waals surface area contributed by atoms with Crippen LogP contribution in [0.3, 0.4) is 0 Å². The van der Waals surface area contributed by atoms with Gasteiger partial charge in [0.05, 0.1) is 19.0 Å². The van der Waals surface area contributed by atoms with Gasteiger partial charge in [-0.15, -0.1) is 0 Å². The summed E-state index contributed by atoms with van der Waals surface area (Å²) in [5.74, 6) is 0.811. The Morgan fingerprint density at radius 1 is 1.59 bits per heavy atom. The molecule has 0 aromatic heterocycles. The fraction of sp³-hybridized carbons (Fsp3) is 0.364. The van der Waals surface area contributed by atoms with Gasteiger partial charge in [0, 0.05) is 11.9 Å². The second-order valence-electron chi connectivity index (χ2n) is 3.97. The maximum Gasteiger partial charge on any atom is 0.495 e. The average molecular weight is 234 g/mol. The molecule has 90 valence electrons. The van der Waals surface area contributed by atoms with Crippen molar-refractivity contribution in [1.82, 2.24) is 0 Å². The van der Waals surface area contributed by atoms with Crippen LogP contribution in [0.5, 0.6) is 5.75 Å². The molecule has 0 radical (unpaired) electrons. The topological polar surface area (TPSA) is 88.6 Å². The molecule has 0 saturated carbocycles. The molecule has 0 saturated heterocycles. The highest BCUT2D eigenvalue weighted by atomic mass is 16.5. The summed E-state index contributed by atoms with van der Waals surface area (Å²) in [5, 5.41) is 16.7. The highest BCUT2D eigenvalue weighted by Gasteiger charge is 2.30. The van der Waals surface area contributed by atoms with Crippen molar-refractivity contribution < 1.29 is 14.4 Å². The van der Waals surface area contributed by atoms with Gasteiger partial charge in [-0.1, -0.05) is 12.1 Å². The molecule has 0 bridgehead atoms. The Labute approximate surface area is 100 Å². The molecular formula is C11H15BN2O3. The highest BCUT2D eigenvalue weighted by molar-refractivity contribution is 6.62. The summed E-state index contributed by atoms with van der Waals surface area (Å²) in [5.41, 5.74) is 6.93. The Bertz CT molecular complexity index is 425. The Balaban J connectivity index is 1.97. The third-order valence-electron chi connectivity index (χ3n) is 2.65. The quantitative estimate of drug-likeness (QED) is 0.289. The van der Waals surface area contributed by atoms with Gasteiger partial charge in [-0.25, -0.2) is 0 Å². The van der Waals surface area contributed by atoms with Crippen molar-refractivity contribution in [3.8, 4) is 5.75 Å². The molecule has 1 aromatic rings. The first kappa shape index (κ1) is 11.9. The summed E-state index contributed by atoms with van der Waals surface area (Å²) in [7, 11) is -0.894. The fourth-order valence-electron chi connectivity index (χ4n) is 1.82. The molecule has 0 spiro atoms. The summed E-state index contributed by atoms with van der Waals surface area (Å²) in [6, 6.07) is 5.60. The van der Waals surface area contributed by atoms with Gasteiger partial charge in [-0.3, -0.25) is 5.41 Å². The number of hydrogen-bond acceptors (Lipinski definition) is 4. The van der Waals surface area contributed by atoms with Gasteiger partial charge in [-0.2, -0.15) is 0 Å². The lowest BCUT2D eigenvalue weighted by atomic mass is 9.79. The number of fused-ring (bicyclic) bond motifs is 1. The number of nitrogens with two attached hydrogens (primary N) is 1. The standard InChI is InChI=1S/C11H15BN2O3/c13-10(14)5-2-6-16-9-4-1-3-8-7-17-12(15)11(8)9/h1,3-4,15H,2,5-7H2,(H3,13,14). The minimum absolute atomic E-state index is 0.162. The van der Waals surface area contributed by atoms with E-state index in [9.17, 15) is 5.02 Å². The Morgan fingerprint density at radius 2 is 2.41 bits per heavy atom. The predicted octanol–water partition coefficient (Wildman–Crippen LogP) is -0.000730. The Kier molecular flexibility index (Phi) is 3.66. The van der Waals surface area contributed by atoms with Crippen molar-refractivity contribution in [2.24, 2.45) is 5.73 Å². The number of benzene rings is 1. The molecule has 0 atom stereocenters. The van der Waals surface area contributed by atoms with Crippen molar-refractivity contribution in [2.45, 2.75) is 19.4 Å². The van der Waals surface area contributed by atoms with Gasteiger partial charge in [0.1, 0.15) is 5.75 Å². The maximum atomic E-state index is 9.65. The lowest BCUT2D eigenvalue weighted by Crippen LogP contribution is -2.30. The second kappa shape index (κ2) is 5.20. The maximum absolute atomic E-state index is 9.65. The highest BCUT2D eigenvalue weighted by Crippen LogP contribution is 2.18. The molecule has 2 rings (SSSR count). The molecule has 1 aliphatic heterocycles. The predicted molar refractivity (Wildman–Crippen MR) is 65.5 cm³/mol. The first-order chi connectivity index (χ1) is 8.18. The number of nitrogens with one attached hydrogen (secondary N) is 1. The largest absolute Gasteiger partial charge is 0.495 e. The Hall–Kier alpha value is -1.53. The SMILES string of the molecule is N=C(N)CCCOc1cccc2c1B(O)OC2. The second-order valence-corrected chi connectivity index (χ2v) is 3.97. The van der Waals surface area contributed by atoms with Crippen LogP contribution in [-0.4, -0.2) is 24.6 Å². The first-order valence-corrected chi connectivity index (χ1v) is 5.55. The van der Waals surface area contributed by atoms with Gasteiger partial charge in [0.15, 0.2) is 0 Å². The van der Waals surface area contributed by atoms with E-state index >= 15 is 0 Å². The molecule has 4 N–H and O–H groups in total. The van der Waals surface area contributed by atoms with Crippen LogP contribution in [0.2, 0.25) is 0 Å². The zero-order chi connectivity index (χ0) is 12.3. The van der Waals surface area contributed by atoms with E-state index in [1.807, 2.05) is 18.2 Å². The summed E-state index contributed by atoms with van der Waals surface area (Å²) < 4.78 is 10.7. The lowest BCUT2D eigenvalue weighted by molar-refractivity contribution is 0.274. The van der Waals surface area contributed by atoms with Crippen LogP contribution in [0.25, 0.3) is 0 Å². The molecule has 1 aliphatic rings. The number of amidine groups is 1.